The monoisotopic (exact) mass is 454 g/mol. The number of para-hydroxylation sites is 1. The first-order chi connectivity index (χ1) is 16.5. The summed E-state index contributed by atoms with van der Waals surface area (Å²) in [5.41, 5.74) is 1.47. The Kier molecular flexibility index (Phi) is 7.09. The molecular weight excluding hydrogens is 432 g/mol. The number of carbonyl (C=O) groups excluding carboxylic acids is 2. The number of benzene rings is 3. The molecule has 0 spiro atoms. The first kappa shape index (κ1) is 22.5. The van der Waals surface area contributed by atoms with Crippen molar-refractivity contribution in [3.63, 3.8) is 0 Å². The number of rotatable bonds is 8. The van der Waals surface area contributed by atoms with Gasteiger partial charge in [0, 0.05) is 18.7 Å². The highest BCUT2D eigenvalue weighted by Crippen LogP contribution is 2.24. The van der Waals surface area contributed by atoms with E-state index in [-0.39, 0.29) is 24.1 Å². The first-order valence-electron chi connectivity index (χ1n) is 10.5. The quantitative estimate of drug-likeness (QED) is 0.379. The van der Waals surface area contributed by atoms with Gasteiger partial charge in [-0.3, -0.25) is 9.59 Å². The number of hydrogen-bond donors (Lipinski definition) is 2. The van der Waals surface area contributed by atoms with E-state index in [1.807, 2.05) is 54.6 Å². The molecule has 4 aromatic rings. The lowest BCUT2D eigenvalue weighted by Crippen LogP contribution is -2.14. The van der Waals surface area contributed by atoms with Gasteiger partial charge in [-0.2, -0.15) is 0 Å². The lowest BCUT2D eigenvalue weighted by Gasteiger charge is -2.09. The van der Waals surface area contributed by atoms with Crippen molar-refractivity contribution in [3.8, 4) is 23.1 Å². The van der Waals surface area contributed by atoms with Gasteiger partial charge < -0.3 is 20.1 Å². The molecule has 1 heterocycles. The van der Waals surface area contributed by atoms with E-state index in [0.29, 0.717) is 23.0 Å². The highest BCUT2D eigenvalue weighted by atomic mass is 16.5. The maximum Gasteiger partial charge on any atom is 0.228 e. The Balaban J connectivity index is 1.33. The largest absolute Gasteiger partial charge is 0.457 e. The van der Waals surface area contributed by atoms with E-state index in [2.05, 4.69) is 20.6 Å². The van der Waals surface area contributed by atoms with E-state index in [1.54, 1.807) is 24.3 Å². The number of anilines is 2. The fraction of sp³-hybridized carbons (Fsp3) is 0.0769. The van der Waals surface area contributed by atoms with Gasteiger partial charge in [-0.25, -0.2) is 9.97 Å². The Morgan fingerprint density at radius 3 is 2.26 bits per heavy atom. The van der Waals surface area contributed by atoms with Crippen LogP contribution in [-0.4, -0.2) is 21.8 Å². The summed E-state index contributed by atoms with van der Waals surface area (Å²) in [6.45, 7) is 1.39. The number of amides is 2. The first-order valence-corrected chi connectivity index (χ1v) is 10.5. The zero-order valence-corrected chi connectivity index (χ0v) is 18.4. The van der Waals surface area contributed by atoms with E-state index >= 15 is 0 Å². The van der Waals surface area contributed by atoms with Crippen molar-refractivity contribution < 1.29 is 19.1 Å². The van der Waals surface area contributed by atoms with E-state index in [0.717, 1.165) is 11.3 Å². The number of hydrogen-bond acceptors (Lipinski definition) is 6. The minimum absolute atomic E-state index is 0.152. The van der Waals surface area contributed by atoms with E-state index in [9.17, 15) is 9.59 Å². The van der Waals surface area contributed by atoms with Gasteiger partial charge in [0.05, 0.1) is 6.42 Å². The molecule has 170 valence electrons. The van der Waals surface area contributed by atoms with Crippen LogP contribution in [0.1, 0.15) is 12.5 Å². The Morgan fingerprint density at radius 1 is 0.765 bits per heavy atom. The van der Waals surface area contributed by atoms with Crippen molar-refractivity contribution >= 4 is 23.3 Å². The Hall–Kier alpha value is -4.72. The molecule has 0 fully saturated rings. The molecule has 0 radical (unpaired) electrons. The van der Waals surface area contributed by atoms with Crippen molar-refractivity contribution in [1.29, 1.82) is 0 Å². The second kappa shape index (κ2) is 10.7. The predicted octanol–water partition coefficient (Wildman–Crippen LogP) is 5.20. The summed E-state index contributed by atoms with van der Waals surface area (Å²) < 4.78 is 11.5. The number of aromatic nitrogens is 2. The molecule has 8 heteroatoms. The van der Waals surface area contributed by atoms with Crippen molar-refractivity contribution in [2.45, 2.75) is 13.3 Å². The highest BCUT2D eigenvalue weighted by Gasteiger charge is 2.07. The average molecular weight is 454 g/mol. The van der Waals surface area contributed by atoms with Crippen molar-refractivity contribution in [2.75, 3.05) is 10.6 Å². The Labute approximate surface area is 196 Å². The zero-order chi connectivity index (χ0) is 23.8. The van der Waals surface area contributed by atoms with Crippen LogP contribution in [0, 0.1) is 0 Å². The summed E-state index contributed by atoms with van der Waals surface area (Å²) >= 11 is 0. The van der Waals surface area contributed by atoms with E-state index in [4.69, 9.17) is 9.47 Å². The zero-order valence-electron chi connectivity index (χ0n) is 18.4. The molecule has 2 amide bonds. The molecule has 0 unspecified atom stereocenters. The van der Waals surface area contributed by atoms with Crippen LogP contribution in [-0.2, 0) is 16.0 Å². The molecule has 0 atom stereocenters. The van der Waals surface area contributed by atoms with Gasteiger partial charge >= 0.3 is 0 Å². The molecular formula is C26H22N4O4. The molecule has 0 saturated heterocycles. The third-order valence-electron chi connectivity index (χ3n) is 4.55. The van der Waals surface area contributed by atoms with Gasteiger partial charge in [0.2, 0.25) is 17.7 Å². The molecule has 34 heavy (non-hydrogen) atoms. The average Bonchev–Trinajstić information content (AvgIpc) is 2.81. The minimum Gasteiger partial charge on any atom is -0.457 e. The normalized spacial score (nSPS) is 10.3. The van der Waals surface area contributed by atoms with Crippen LogP contribution in [0.4, 0.5) is 11.5 Å². The summed E-state index contributed by atoms with van der Waals surface area (Å²) in [7, 11) is 0. The maximum absolute atomic E-state index is 12.5. The fourth-order valence-electron chi connectivity index (χ4n) is 3.11. The maximum atomic E-state index is 12.5. The topological polar surface area (TPSA) is 102 Å². The number of nitrogens with zero attached hydrogens (tertiary/aromatic N) is 2. The van der Waals surface area contributed by atoms with Crippen molar-refractivity contribution in [1.82, 2.24) is 9.97 Å². The van der Waals surface area contributed by atoms with Crippen LogP contribution in [0.2, 0.25) is 0 Å². The predicted molar refractivity (Wildman–Crippen MR) is 128 cm³/mol. The third-order valence-corrected chi connectivity index (χ3v) is 4.55. The molecule has 0 bridgehead atoms. The van der Waals surface area contributed by atoms with Gasteiger partial charge in [0.15, 0.2) is 0 Å². The smallest absolute Gasteiger partial charge is 0.228 e. The highest BCUT2D eigenvalue weighted by molar-refractivity contribution is 5.92. The van der Waals surface area contributed by atoms with Gasteiger partial charge in [0.1, 0.15) is 29.4 Å². The summed E-state index contributed by atoms with van der Waals surface area (Å²) in [6.07, 6.45) is 1.51. The lowest BCUT2D eigenvalue weighted by molar-refractivity contribution is -0.116. The Morgan fingerprint density at radius 2 is 1.50 bits per heavy atom. The van der Waals surface area contributed by atoms with Crippen LogP contribution in [0.5, 0.6) is 23.1 Å². The molecule has 4 rings (SSSR count). The summed E-state index contributed by atoms with van der Waals surface area (Å²) in [5, 5.41) is 5.44. The number of carbonyl (C=O) groups is 2. The molecule has 0 saturated carbocycles. The second-order valence-electron chi connectivity index (χ2n) is 7.34. The summed E-state index contributed by atoms with van der Waals surface area (Å²) in [6, 6.07) is 25.3. The van der Waals surface area contributed by atoms with Crippen LogP contribution in [0.15, 0.2) is 91.3 Å². The molecule has 3 aromatic carbocycles. The van der Waals surface area contributed by atoms with Crippen LogP contribution in [0.3, 0.4) is 0 Å². The van der Waals surface area contributed by atoms with Crippen LogP contribution < -0.4 is 20.1 Å². The Bertz CT molecular complexity index is 1280. The van der Waals surface area contributed by atoms with Crippen LogP contribution >= 0.6 is 0 Å². The minimum atomic E-state index is -0.236. The molecule has 8 nitrogen and oxygen atoms in total. The molecule has 2 N–H and O–H groups in total. The van der Waals surface area contributed by atoms with Gasteiger partial charge in [-0.15, -0.1) is 0 Å². The van der Waals surface area contributed by atoms with Crippen molar-refractivity contribution in [3.05, 3.63) is 96.8 Å². The molecule has 0 aliphatic carbocycles. The molecule has 0 aliphatic heterocycles. The molecule has 1 aromatic heterocycles. The third kappa shape index (κ3) is 6.64. The lowest BCUT2D eigenvalue weighted by atomic mass is 10.1. The standard InChI is InChI=1S/C26H22N4O4/c1-18(31)29-24-16-26(28-17-27-24)34-22-12-10-20(11-13-22)30-25(32)15-19-6-5-9-23(14-19)33-21-7-3-2-4-8-21/h2-14,16-17H,15H2,1H3,(H,30,32)(H,27,28,29,31). The number of ether oxygens (including phenoxy) is 2. The SMILES string of the molecule is CC(=O)Nc1cc(Oc2ccc(NC(=O)Cc3cccc(Oc4ccccc4)c3)cc2)ncn1. The van der Waals surface area contributed by atoms with Crippen LogP contribution in [0.25, 0.3) is 0 Å². The van der Waals surface area contributed by atoms with Crippen molar-refractivity contribution in [2.24, 2.45) is 0 Å². The van der Waals surface area contributed by atoms with E-state index < -0.39 is 0 Å². The van der Waals surface area contributed by atoms with Gasteiger partial charge in [-0.1, -0.05) is 30.3 Å². The second-order valence-corrected chi connectivity index (χ2v) is 7.34. The summed E-state index contributed by atoms with van der Waals surface area (Å²) in [4.78, 5) is 31.7. The summed E-state index contributed by atoms with van der Waals surface area (Å²) in [5.74, 6) is 2.18. The molecule has 0 aliphatic rings. The van der Waals surface area contributed by atoms with Gasteiger partial charge in [0.25, 0.3) is 0 Å². The van der Waals surface area contributed by atoms with E-state index in [1.165, 1.54) is 19.3 Å². The van der Waals surface area contributed by atoms with Gasteiger partial charge in [-0.05, 0) is 54.1 Å². The number of nitrogens with one attached hydrogen (secondary N) is 2. The fourth-order valence-corrected chi connectivity index (χ4v) is 3.11.